The number of carbonyl (C=O) groups excluding carboxylic acids is 1. The van der Waals surface area contributed by atoms with Crippen molar-refractivity contribution < 1.29 is 18.9 Å². The smallest absolute Gasteiger partial charge is 0.349 e. The molecule has 7 nitrogen and oxygen atoms in total. The monoisotopic (exact) mass is 404 g/mol. The Morgan fingerprint density at radius 1 is 1.40 bits per heavy atom. The first kappa shape index (κ1) is 18.4. The molecule has 2 rings (SSSR count). The van der Waals surface area contributed by atoms with E-state index < -0.39 is 10.9 Å². The van der Waals surface area contributed by atoms with Crippen LogP contribution in [0.4, 0.5) is 5.69 Å². The van der Waals surface area contributed by atoms with Crippen LogP contribution in [0.2, 0.25) is 0 Å². The van der Waals surface area contributed by atoms with Crippen molar-refractivity contribution in [1.29, 1.82) is 5.26 Å². The number of benzene rings is 1. The Morgan fingerprint density at radius 2 is 2.12 bits per heavy atom. The molecule has 1 aromatic heterocycles. The van der Waals surface area contributed by atoms with Crippen LogP contribution in [0, 0.1) is 21.4 Å². The van der Waals surface area contributed by atoms with Gasteiger partial charge in [0.15, 0.2) is 0 Å². The lowest BCUT2D eigenvalue weighted by Crippen LogP contribution is -2.12. The van der Waals surface area contributed by atoms with Crippen molar-refractivity contribution in [2.75, 3.05) is 0 Å². The first-order valence-corrected chi connectivity index (χ1v) is 7.98. The number of carbonyl (C=O) groups is 1. The van der Waals surface area contributed by atoms with Gasteiger partial charge in [0, 0.05) is 28.2 Å². The van der Waals surface area contributed by atoms with Crippen molar-refractivity contribution in [3.05, 3.63) is 56.3 Å². The van der Waals surface area contributed by atoms with Gasteiger partial charge in [0.25, 0.3) is 5.69 Å². The Balaban J connectivity index is 2.31. The Morgan fingerprint density at radius 3 is 2.68 bits per heavy atom. The summed E-state index contributed by atoms with van der Waals surface area (Å²) >= 11 is 3.27. The molecule has 0 saturated carbocycles. The van der Waals surface area contributed by atoms with Gasteiger partial charge in [0.2, 0.25) is 0 Å². The second-order valence-electron chi connectivity index (χ2n) is 5.25. The van der Waals surface area contributed by atoms with Crippen LogP contribution in [0.1, 0.15) is 19.6 Å². The summed E-state index contributed by atoms with van der Waals surface area (Å²) in [6, 6.07) is 9.28. The second kappa shape index (κ2) is 7.77. The highest BCUT2D eigenvalue weighted by Gasteiger charge is 2.15. The Bertz CT molecular complexity index is 893. The van der Waals surface area contributed by atoms with E-state index in [0.717, 1.165) is 0 Å². The molecule has 0 spiro atoms. The summed E-state index contributed by atoms with van der Waals surface area (Å²) in [5.74, 6) is -0.00739. The largest absolute Gasteiger partial charge is 0.459 e. The summed E-state index contributed by atoms with van der Waals surface area (Å²) in [5.41, 5.74) is 0.372. The minimum Gasteiger partial charge on any atom is -0.459 e. The van der Waals surface area contributed by atoms with Crippen molar-refractivity contribution in [3.63, 3.8) is 0 Å². The summed E-state index contributed by atoms with van der Waals surface area (Å²) in [7, 11) is 0. The van der Waals surface area contributed by atoms with E-state index >= 15 is 0 Å². The van der Waals surface area contributed by atoms with Gasteiger partial charge in [-0.2, -0.15) is 5.26 Å². The third-order valence-electron chi connectivity index (χ3n) is 3.03. The van der Waals surface area contributed by atoms with E-state index in [1.165, 1.54) is 18.2 Å². The molecule has 0 aliphatic heterocycles. The second-order valence-corrected chi connectivity index (χ2v) is 6.10. The number of esters is 1. The minimum atomic E-state index is -0.730. The Hall–Kier alpha value is -2.92. The van der Waals surface area contributed by atoms with Crippen LogP contribution in [-0.2, 0) is 9.53 Å². The first-order valence-electron chi connectivity index (χ1n) is 7.18. The Kier molecular flexibility index (Phi) is 5.72. The van der Waals surface area contributed by atoms with E-state index in [4.69, 9.17) is 14.4 Å². The average molecular weight is 405 g/mol. The molecule has 0 aliphatic carbocycles. The lowest BCUT2D eigenvalue weighted by atomic mass is 10.1. The highest BCUT2D eigenvalue weighted by atomic mass is 79.9. The van der Waals surface area contributed by atoms with Gasteiger partial charge in [-0.1, -0.05) is 0 Å². The van der Waals surface area contributed by atoms with E-state index in [-0.39, 0.29) is 23.1 Å². The topological polar surface area (TPSA) is 106 Å². The molecule has 2 aromatic rings. The molecule has 8 heteroatoms. The van der Waals surface area contributed by atoms with E-state index in [9.17, 15) is 14.9 Å². The molecule has 0 bridgehead atoms. The number of nitro benzene ring substituents is 1. The third kappa shape index (κ3) is 4.55. The first-order chi connectivity index (χ1) is 11.8. The van der Waals surface area contributed by atoms with Crippen LogP contribution >= 0.6 is 15.9 Å². The summed E-state index contributed by atoms with van der Waals surface area (Å²) in [6.45, 7) is 3.37. The van der Waals surface area contributed by atoms with Gasteiger partial charge in [-0.3, -0.25) is 10.1 Å². The third-order valence-corrected chi connectivity index (χ3v) is 3.68. The molecule has 25 heavy (non-hydrogen) atoms. The maximum absolute atomic E-state index is 11.8. The molecule has 0 amide bonds. The standard InChI is InChI=1S/C17H13BrN2O5/c1-10(2)24-17(21)11(9-19)7-13-4-6-16(25-13)14-5-3-12(20(22)23)8-15(14)18/h3-8,10H,1-2H3. The van der Waals surface area contributed by atoms with Crippen molar-refractivity contribution in [3.8, 4) is 17.4 Å². The van der Waals surface area contributed by atoms with E-state index in [1.807, 2.05) is 0 Å². The fourth-order valence-electron chi connectivity index (χ4n) is 1.95. The van der Waals surface area contributed by atoms with Gasteiger partial charge in [-0.05, 0) is 48.0 Å². The van der Waals surface area contributed by atoms with Crippen molar-refractivity contribution in [1.82, 2.24) is 0 Å². The fraction of sp³-hybridized carbons (Fsp3) is 0.176. The van der Waals surface area contributed by atoms with Crippen LogP contribution in [-0.4, -0.2) is 17.0 Å². The number of nitrogens with zero attached hydrogens (tertiary/aromatic N) is 2. The molecule has 0 atom stereocenters. The maximum atomic E-state index is 11.8. The van der Waals surface area contributed by atoms with E-state index in [0.29, 0.717) is 15.8 Å². The van der Waals surface area contributed by atoms with Gasteiger partial charge < -0.3 is 9.15 Å². The lowest BCUT2D eigenvalue weighted by molar-refractivity contribution is -0.384. The molecular formula is C17H13BrN2O5. The average Bonchev–Trinajstić information content (AvgIpc) is 2.99. The molecule has 0 aliphatic rings. The van der Waals surface area contributed by atoms with Crippen LogP contribution in [0.3, 0.4) is 0 Å². The lowest BCUT2D eigenvalue weighted by Gasteiger charge is -2.05. The summed E-state index contributed by atoms with van der Waals surface area (Å²) in [4.78, 5) is 22.1. The van der Waals surface area contributed by atoms with Crippen LogP contribution in [0.15, 0.2) is 44.8 Å². The van der Waals surface area contributed by atoms with Gasteiger partial charge in [0.05, 0.1) is 11.0 Å². The maximum Gasteiger partial charge on any atom is 0.349 e. The summed E-state index contributed by atoms with van der Waals surface area (Å²) in [6.07, 6.45) is 0.945. The molecule has 1 aromatic carbocycles. The number of rotatable bonds is 5. The number of nitro groups is 1. The van der Waals surface area contributed by atoms with Crippen molar-refractivity contribution in [2.45, 2.75) is 20.0 Å². The highest BCUT2D eigenvalue weighted by molar-refractivity contribution is 9.10. The molecule has 0 unspecified atom stereocenters. The van der Waals surface area contributed by atoms with E-state index in [2.05, 4.69) is 15.9 Å². The van der Waals surface area contributed by atoms with Crippen molar-refractivity contribution in [2.24, 2.45) is 0 Å². The highest BCUT2D eigenvalue weighted by Crippen LogP contribution is 2.33. The molecule has 0 N–H and O–H groups in total. The quantitative estimate of drug-likeness (QED) is 0.239. The normalized spacial score (nSPS) is 11.2. The van der Waals surface area contributed by atoms with Gasteiger partial charge in [-0.15, -0.1) is 0 Å². The molecule has 0 saturated heterocycles. The zero-order valence-corrected chi connectivity index (χ0v) is 14.9. The van der Waals surface area contributed by atoms with Crippen LogP contribution in [0.25, 0.3) is 17.4 Å². The molecule has 128 valence electrons. The fourth-order valence-corrected chi connectivity index (χ4v) is 2.51. The van der Waals surface area contributed by atoms with Crippen LogP contribution in [0.5, 0.6) is 0 Å². The predicted molar refractivity (Wildman–Crippen MR) is 93.3 cm³/mol. The Labute approximate surface area is 151 Å². The summed E-state index contributed by atoms with van der Waals surface area (Å²) < 4.78 is 11.1. The number of halogens is 1. The summed E-state index contributed by atoms with van der Waals surface area (Å²) in [5, 5.41) is 19.9. The number of hydrogen-bond acceptors (Lipinski definition) is 6. The zero-order valence-electron chi connectivity index (χ0n) is 13.4. The number of nitriles is 1. The number of ether oxygens (including phenoxy) is 1. The number of furan rings is 1. The molecule has 0 radical (unpaired) electrons. The SMILES string of the molecule is CC(C)OC(=O)C(C#N)=Cc1ccc(-c2ccc([N+](=O)[O-])cc2Br)o1. The predicted octanol–water partition coefficient (Wildman–Crippen LogP) is 4.48. The minimum absolute atomic E-state index is 0.0505. The molecular weight excluding hydrogens is 392 g/mol. The number of hydrogen-bond donors (Lipinski definition) is 0. The number of non-ortho nitro benzene ring substituents is 1. The zero-order chi connectivity index (χ0) is 18.6. The van der Waals surface area contributed by atoms with E-state index in [1.54, 1.807) is 38.1 Å². The van der Waals surface area contributed by atoms with Gasteiger partial charge in [0.1, 0.15) is 23.2 Å². The molecule has 0 fully saturated rings. The molecule has 1 heterocycles. The van der Waals surface area contributed by atoms with Crippen molar-refractivity contribution >= 4 is 33.7 Å². The van der Waals surface area contributed by atoms with Crippen LogP contribution < -0.4 is 0 Å². The van der Waals surface area contributed by atoms with Gasteiger partial charge in [-0.25, -0.2) is 4.79 Å². The van der Waals surface area contributed by atoms with Gasteiger partial charge >= 0.3 is 5.97 Å².